The number of aromatic nitrogens is 3. The zero-order valence-electron chi connectivity index (χ0n) is 13.8. The Bertz CT molecular complexity index is 447. The Morgan fingerprint density at radius 2 is 2.18 bits per heavy atom. The minimum Gasteiger partial charge on any atom is -0.444 e. The van der Waals surface area contributed by atoms with Crippen molar-refractivity contribution in [2.45, 2.75) is 45.6 Å². The molecule has 2 heterocycles. The standard InChI is InChI=1S/C15H27N5O2/c1-15(2,3)22-14(21)20-8-5-12(6-9-20)10-16-7-4-13-17-11-18-19-13/h11-12,16H,4-10H2,1-3H3,(H,17,18,19). The Kier molecular flexibility index (Phi) is 5.76. The van der Waals surface area contributed by atoms with Crippen LogP contribution >= 0.6 is 0 Å². The van der Waals surface area contributed by atoms with Crippen LogP contribution in [-0.2, 0) is 11.2 Å². The van der Waals surface area contributed by atoms with Crippen LogP contribution in [0.1, 0.15) is 39.4 Å². The minimum absolute atomic E-state index is 0.191. The number of H-pyrrole nitrogens is 1. The van der Waals surface area contributed by atoms with Crippen molar-refractivity contribution in [1.82, 2.24) is 25.4 Å². The first-order valence-corrected chi connectivity index (χ1v) is 7.97. The van der Waals surface area contributed by atoms with Gasteiger partial charge in [0.2, 0.25) is 0 Å². The highest BCUT2D eigenvalue weighted by Crippen LogP contribution is 2.19. The van der Waals surface area contributed by atoms with Crippen LogP contribution in [0.3, 0.4) is 0 Å². The van der Waals surface area contributed by atoms with Gasteiger partial charge in [-0.15, -0.1) is 0 Å². The quantitative estimate of drug-likeness (QED) is 0.807. The molecule has 1 aromatic heterocycles. The van der Waals surface area contributed by atoms with Gasteiger partial charge in [0, 0.05) is 26.1 Å². The largest absolute Gasteiger partial charge is 0.444 e. The van der Waals surface area contributed by atoms with Crippen molar-refractivity contribution >= 4 is 6.09 Å². The molecular weight excluding hydrogens is 282 g/mol. The van der Waals surface area contributed by atoms with Crippen LogP contribution < -0.4 is 5.32 Å². The van der Waals surface area contributed by atoms with Crippen LogP contribution in [0.15, 0.2) is 6.33 Å². The maximum atomic E-state index is 12.0. The summed E-state index contributed by atoms with van der Waals surface area (Å²) in [6, 6.07) is 0. The molecule has 22 heavy (non-hydrogen) atoms. The van der Waals surface area contributed by atoms with Crippen LogP contribution in [0.2, 0.25) is 0 Å². The fourth-order valence-corrected chi connectivity index (χ4v) is 2.51. The summed E-state index contributed by atoms with van der Waals surface area (Å²) in [6.45, 7) is 9.13. The fraction of sp³-hybridized carbons (Fsp3) is 0.800. The number of ether oxygens (including phenoxy) is 1. The minimum atomic E-state index is -0.420. The van der Waals surface area contributed by atoms with Crippen LogP contribution in [-0.4, -0.2) is 58.0 Å². The van der Waals surface area contributed by atoms with E-state index in [1.165, 1.54) is 6.33 Å². The predicted octanol–water partition coefficient (Wildman–Crippen LogP) is 1.58. The molecule has 0 bridgehead atoms. The maximum Gasteiger partial charge on any atom is 0.410 e. The van der Waals surface area contributed by atoms with Gasteiger partial charge >= 0.3 is 6.09 Å². The van der Waals surface area contributed by atoms with Gasteiger partial charge in [-0.2, -0.15) is 5.10 Å². The Hall–Kier alpha value is -1.63. The zero-order valence-corrected chi connectivity index (χ0v) is 13.8. The van der Waals surface area contributed by atoms with Crippen molar-refractivity contribution in [2.75, 3.05) is 26.2 Å². The molecule has 0 spiro atoms. The fourth-order valence-electron chi connectivity index (χ4n) is 2.51. The Balaban J connectivity index is 1.59. The van der Waals surface area contributed by atoms with Crippen LogP contribution in [0.5, 0.6) is 0 Å². The molecule has 1 amide bonds. The zero-order chi connectivity index (χ0) is 16.0. The predicted molar refractivity (Wildman–Crippen MR) is 83.5 cm³/mol. The van der Waals surface area contributed by atoms with Crippen molar-refractivity contribution < 1.29 is 9.53 Å². The summed E-state index contributed by atoms with van der Waals surface area (Å²) in [4.78, 5) is 17.9. The van der Waals surface area contributed by atoms with Gasteiger partial charge in [-0.05, 0) is 46.1 Å². The molecule has 124 valence electrons. The number of nitrogens with zero attached hydrogens (tertiary/aromatic N) is 3. The van der Waals surface area contributed by atoms with Crippen molar-refractivity contribution in [3.05, 3.63) is 12.2 Å². The molecule has 0 radical (unpaired) electrons. The number of carbonyl (C=O) groups excluding carboxylic acids is 1. The summed E-state index contributed by atoms with van der Waals surface area (Å²) in [5, 5.41) is 10.1. The molecule has 7 nitrogen and oxygen atoms in total. The maximum absolute atomic E-state index is 12.0. The SMILES string of the molecule is CC(C)(C)OC(=O)N1CCC(CNCCc2ncn[nH]2)CC1. The average molecular weight is 309 g/mol. The second kappa shape index (κ2) is 7.58. The first-order valence-electron chi connectivity index (χ1n) is 7.97. The van der Waals surface area contributed by atoms with E-state index in [1.807, 2.05) is 25.7 Å². The van der Waals surface area contributed by atoms with Crippen molar-refractivity contribution in [2.24, 2.45) is 5.92 Å². The van der Waals surface area contributed by atoms with E-state index >= 15 is 0 Å². The molecule has 0 aliphatic carbocycles. The molecule has 1 saturated heterocycles. The summed E-state index contributed by atoms with van der Waals surface area (Å²) >= 11 is 0. The molecule has 1 aliphatic heterocycles. The molecule has 1 aliphatic rings. The molecule has 0 saturated carbocycles. The third-order valence-corrected chi connectivity index (χ3v) is 3.70. The lowest BCUT2D eigenvalue weighted by atomic mass is 9.97. The Labute approximate surface area is 131 Å². The third kappa shape index (κ3) is 5.63. The van der Waals surface area contributed by atoms with E-state index in [0.717, 1.165) is 51.3 Å². The van der Waals surface area contributed by atoms with E-state index in [2.05, 4.69) is 20.5 Å². The molecule has 0 unspecified atom stereocenters. The summed E-state index contributed by atoms with van der Waals surface area (Å²) in [7, 11) is 0. The molecule has 2 rings (SSSR count). The molecule has 0 aromatic carbocycles. The lowest BCUT2D eigenvalue weighted by molar-refractivity contribution is 0.0184. The molecular formula is C15H27N5O2. The van der Waals surface area contributed by atoms with E-state index in [1.54, 1.807) is 0 Å². The smallest absolute Gasteiger partial charge is 0.410 e. The molecule has 0 atom stereocenters. The number of carbonyl (C=O) groups is 1. The Morgan fingerprint density at radius 1 is 1.45 bits per heavy atom. The summed E-state index contributed by atoms with van der Waals surface area (Å²) in [5.74, 6) is 1.53. The lowest BCUT2D eigenvalue weighted by Gasteiger charge is -2.33. The monoisotopic (exact) mass is 309 g/mol. The topological polar surface area (TPSA) is 83.1 Å². The number of amides is 1. The Morgan fingerprint density at radius 3 is 2.77 bits per heavy atom. The van der Waals surface area contributed by atoms with Crippen molar-refractivity contribution in [3.63, 3.8) is 0 Å². The normalized spacial score (nSPS) is 16.8. The van der Waals surface area contributed by atoms with Gasteiger partial charge in [0.05, 0.1) is 0 Å². The number of hydrogen-bond donors (Lipinski definition) is 2. The lowest BCUT2D eigenvalue weighted by Crippen LogP contribution is -2.43. The number of likely N-dealkylation sites (tertiary alicyclic amines) is 1. The number of piperidine rings is 1. The van der Waals surface area contributed by atoms with Crippen LogP contribution in [0.25, 0.3) is 0 Å². The second-order valence-electron chi connectivity index (χ2n) is 6.80. The number of rotatable bonds is 5. The summed E-state index contributed by atoms with van der Waals surface area (Å²) < 4.78 is 5.41. The second-order valence-corrected chi connectivity index (χ2v) is 6.80. The van der Waals surface area contributed by atoms with Gasteiger partial charge in [-0.3, -0.25) is 5.10 Å². The molecule has 1 aromatic rings. The number of nitrogens with one attached hydrogen (secondary N) is 2. The van der Waals surface area contributed by atoms with Gasteiger partial charge in [-0.1, -0.05) is 0 Å². The summed E-state index contributed by atoms with van der Waals surface area (Å²) in [5.41, 5.74) is -0.420. The summed E-state index contributed by atoms with van der Waals surface area (Å²) in [6.07, 6.45) is 4.24. The van der Waals surface area contributed by atoms with Gasteiger partial charge < -0.3 is 15.0 Å². The van der Waals surface area contributed by atoms with Gasteiger partial charge in [-0.25, -0.2) is 9.78 Å². The first-order chi connectivity index (χ1) is 10.4. The van der Waals surface area contributed by atoms with Gasteiger partial charge in [0.1, 0.15) is 17.8 Å². The first kappa shape index (κ1) is 16.7. The van der Waals surface area contributed by atoms with Crippen molar-refractivity contribution in [1.29, 1.82) is 0 Å². The van der Waals surface area contributed by atoms with Gasteiger partial charge in [0.25, 0.3) is 0 Å². The van der Waals surface area contributed by atoms with Crippen molar-refractivity contribution in [3.8, 4) is 0 Å². The third-order valence-electron chi connectivity index (χ3n) is 3.70. The highest BCUT2D eigenvalue weighted by molar-refractivity contribution is 5.68. The van der Waals surface area contributed by atoms with E-state index in [-0.39, 0.29) is 6.09 Å². The average Bonchev–Trinajstić information content (AvgIpc) is 2.95. The van der Waals surface area contributed by atoms with Crippen LogP contribution in [0.4, 0.5) is 4.79 Å². The van der Waals surface area contributed by atoms with E-state index in [0.29, 0.717) is 5.92 Å². The van der Waals surface area contributed by atoms with E-state index in [4.69, 9.17) is 4.74 Å². The van der Waals surface area contributed by atoms with E-state index in [9.17, 15) is 4.79 Å². The highest BCUT2D eigenvalue weighted by Gasteiger charge is 2.26. The number of hydrogen-bond acceptors (Lipinski definition) is 5. The number of aromatic amines is 1. The van der Waals surface area contributed by atoms with E-state index < -0.39 is 5.60 Å². The molecule has 7 heteroatoms. The highest BCUT2D eigenvalue weighted by atomic mass is 16.6. The molecule has 2 N–H and O–H groups in total. The molecule has 1 fully saturated rings. The van der Waals surface area contributed by atoms with Crippen LogP contribution in [0, 0.1) is 5.92 Å². The van der Waals surface area contributed by atoms with Gasteiger partial charge in [0.15, 0.2) is 0 Å².